The van der Waals surface area contributed by atoms with Gasteiger partial charge in [0.05, 0.1) is 12.8 Å². The molecule has 0 amide bonds. The second kappa shape index (κ2) is 4.33. The van der Waals surface area contributed by atoms with Crippen LogP contribution in [0.25, 0.3) is 11.1 Å². The predicted molar refractivity (Wildman–Crippen MR) is 66.7 cm³/mol. The number of esters is 1. The number of nitrogen functional groups attached to an aromatic ring is 1. The van der Waals surface area contributed by atoms with Gasteiger partial charge < -0.3 is 15.5 Å². The van der Waals surface area contributed by atoms with Gasteiger partial charge >= 0.3 is 5.97 Å². The summed E-state index contributed by atoms with van der Waals surface area (Å²) in [6.45, 7) is 2.00. The molecular formula is C13H14N2O2. The van der Waals surface area contributed by atoms with Gasteiger partial charge in [-0.2, -0.15) is 0 Å². The minimum Gasteiger partial charge on any atom is -0.464 e. The van der Waals surface area contributed by atoms with E-state index in [9.17, 15) is 4.79 Å². The second-order valence-electron chi connectivity index (χ2n) is 3.80. The zero-order chi connectivity index (χ0) is 12.4. The molecule has 4 heteroatoms. The quantitative estimate of drug-likeness (QED) is 0.778. The molecule has 88 valence electrons. The van der Waals surface area contributed by atoms with Gasteiger partial charge in [0.25, 0.3) is 0 Å². The number of nitrogens with two attached hydrogens (primary N) is 1. The lowest BCUT2D eigenvalue weighted by molar-refractivity contribution is 0.0596. The van der Waals surface area contributed by atoms with Gasteiger partial charge in [-0.25, -0.2) is 4.79 Å². The number of nitrogens with one attached hydrogen (secondary N) is 1. The first-order valence-corrected chi connectivity index (χ1v) is 5.26. The van der Waals surface area contributed by atoms with E-state index >= 15 is 0 Å². The lowest BCUT2D eigenvalue weighted by Crippen LogP contribution is -2.05. The highest BCUT2D eigenvalue weighted by Crippen LogP contribution is 2.30. The summed E-state index contributed by atoms with van der Waals surface area (Å²) in [5, 5.41) is 0. The van der Waals surface area contributed by atoms with Crippen molar-refractivity contribution in [2.75, 3.05) is 12.8 Å². The van der Waals surface area contributed by atoms with Crippen LogP contribution in [0.15, 0.2) is 30.5 Å². The molecule has 0 aliphatic rings. The number of aromatic amines is 1. The van der Waals surface area contributed by atoms with Crippen LogP contribution in [0.1, 0.15) is 16.1 Å². The molecule has 0 bridgehead atoms. The Balaban J connectivity index is 2.52. The van der Waals surface area contributed by atoms with E-state index in [1.54, 1.807) is 6.20 Å². The molecule has 2 rings (SSSR count). The molecule has 1 aromatic carbocycles. The summed E-state index contributed by atoms with van der Waals surface area (Å²) in [5.74, 6) is -0.456. The monoisotopic (exact) mass is 230 g/mol. The van der Waals surface area contributed by atoms with Crippen molar-refractivity contribution in [3.05, 3.63) is 41.7 Å². The predicted octanol–water partition coefficient (Wildman–Crippen LogP) is 2.36. The summed E-state index contributed by atoms with van der Waals surface area (Å²) in [6, 6.07) is 7.87. The van der Waals surface area contributed by atoms with Gasteiger partial charge in [0.2, 0.25) is 0 Å². The minimum absolute atomic E-state index is 0.297. The Labute approximate surface area is 99.4 Å². The Morgan fingerprint density at radius 3 is 2.65 bits per heavy atom. The number of anilines is 1. The van der Waals surface area contributed by atoms with Crippen molar-refractivity contribution < 1.29 is 9.53 Å². The molecule has 0 saturated heterocycles. The van der Waals surface area contributed by atoms with Crippen LogP contribution in [0.5, 0.6) is 0 Å². The Kier molecular flexibility index (Phi) is 2.87. The molecule has 3 N–H and O–H groups in total. The van der Waals surface area contributed by atoms with Crippen LogP contribution in [-0.2, 0) is 4.74 Å². The summed E-state index contributed by atoms with van der Waals surface area (Å²) in [6.07, 6.45) is 1.73. The van der Waals surface area contributed by atoms with E-state index in [1.165, 1.54) is 7.11 Å². The third-order valence-corrected chi connectivity index (χ3v) is 2.75. The van der Waals surface area contributed by atoms with Crippen molar-refractivity contribution in [1.29, 1.82) is 0 Å². The highest BCUT2D eigenvalue weighted by atomic mass is 16.5. The zero-order valence-corrected chi connectivity index (χ0v) is 9.78. The zero-order valence-electron chi connectivity index (χ0n) is 9.78. The number of rotatable bonds is 2. The van der Waals surface area contributed by atoms with E-state index < -0.39 is 5.97 Å². The molecule has 0 fully saturated rings. The molecule has 2 aromatic rings. The third kappa shape index (κ3) is 1.89. The molecule has 1 heterocycles. The Bertz CT molecular complexity index is 558. The fraction of sp³-hybridized carbons (Fsp3) is 0.154. The maximum atomic E-state index is 11.4. The first kappa shape index (κ1) is 11.3. The van der Waals surface area contributed by atoms with Crippen LogP contribution in [0, 0.1) is 6.92 Å². The van der Waals surface area contributed by atoms with Gasteiger partial charge in [-0.15, -0.1) is 0 Å². The molecule has 1 aromatic heterocycles. The number of ether oxygens (including phenoxy) is 1. The summed E-state index contributed by atoms with van der Waals surface area (Å²) in [7, 11) is 1.33. The van der Waals surface area contributed by atoms with Crippen LogP contribution in [0.2, 0.25) is 0 Å². The van der Waals surface area contributed by atoms with Gasteiger partial charge in [0, 0.05) is 11.8 Å². The SMILES string of the molecule is COC(=O)c1[nH]cc(-c2ccccc2C)c1N. The Morgan fingerprint density at radius 1 is 1.29 bits per heavy atom. The van der Waals surface area contributed by atoms with E-state index in [4.69, 9.17) is 5.73 Å². The highest BCUT2D eigenvalue weighted by molar-refractivity contribution is 5.98. The molecule has 4 nitrogen and oxygen atoms in total. The van der Waals surface area contributed by atoms with Crippen LogP contribution in [0.4, 0.5) is 5.69 Å². The molecule has 0 aliphatic carbocycles. The summed E-state index contributed by atoms with van der Waals surface area (Å²) < 4.78 is 4.65. The maximum Gasteiger partial charge on any atom is 0.356 e. The standard InChI is InChI=1S/C13H14N2O2/c1-8-5-3-4-6-9(8)10-7-15-12(11(10)14)13(16)17-2/h3-7,15H,14H2,1-2H3. The van der Waals surface area contributed by atoms with E-state index in [0.29, 0.717) is 11.4 Å². The number of carbonyl (C=O) groups is 1. The molecule has 0 spiro atoms. The fourth-order valence-electron chi connectivity index (χ4n) is 1.80. The normalized spacial score (nSPS) is 10.2. The van der Waals surface area contributed by atoms with Crippen LogP contribution >= 0.6 is 0 Å². The lowest BCUT2D eigenvalue weighted by Gasteiger charge is -2.04. The Hall–Kier alpha value is -2.23. The average Bonchev–Trinajstić information content (AvgIpc) is 2.71. The number of hydrogen-bond donors (Lipinski definition) is 2. The number of hydrogen-bond acceptors (Lipinski definition) is 3. The number of aryl methyl sites for hydroxylation is 1. The number of H-pyrrole nitrogens is 1. The minimum atomic E-state index is -0.456. The first-order chi connectivity index (χ1) is 8.15. The largest absolute Gasteiger partial charge is 0.464 e. The molecule has 0 aliphatic heterocycles. The van der Waals surface area contributed by atoms with E-state index in [0.717, 1.165) is 16.7 Å². The fourth-order valence-corrected chi connectivity index (χ4v) is 1.80. The molecule has 17 heavy (non-hydrogen) atoms. The molecule has 0 unspecified atom stereocenters. The van der Waals surface area contributed by atoms with Gasteiger partial charge in [-0.05, 0) is 18.1 Å². The number of aromatic nitrogens is 1. The Morgan fingerprint density at radius 2 is 2.00 bits per heavy atom. The summed E-state index contributed by atoms with van der Waals surface area (Å²) >= 11 is 0. The van der Waals surface area contributed by atoms with E-state index in [2.05, 4.69) is 9.72 Å². The smallest absolute Gasteiger partial charge is 0.356 e. The lowest BCUT2D eigenvalue weighted by atomic mass is 10.0. The second-order valence-corrected chi connectivity index (χ2v) is 3.80. The van der Waals surface area contributed by atoms with Crippen molar-refractivity contribution in [2.24, 2.45) is 0 Å². The first-order valence-electron chi connectivity index (χ1n) is 5.26. The van der Waals surface area contributed by atoms with Gasteiger partial charge in [0.15, 0.2) is 0 Å². The van der Waals surface area contributed by atoms with Crippen molar-refractivity contribution in [3.63, 3.8) is 0 Å². The number of methoxy groups -OCH3 is 1. The topological polar surface area (TPSA) is 68.1 Å². The van der Waals surface area contributed by atoms with Gasteiger partial charge in [0.1, 0.15) is 5.69 Å². The average molecular weight is 230 g/mol. The van der Waals surface area contributed by atoms with Gasteiger partial charge in [-0.1, -0.05) is 24.3 Å². The number of carbonyl (C=O) groups excluding carboxylic acids is 1. The van der Waals surface area contributed by atoms with Crippen LogP contribution in [-0.4, -0.2) is 18.1 Å². The van der Waals surface area contributed by atoms with Crippen LogP contribution < -0.4 is 5.73 Å². The number of benzene rings is 1. The van der Waals surface area contributed by atoms with Crippen LogP contribution in [0.3, 0.4) is 0 Å². The molecule has 0 radical (unpaired) electrons. The van der Waals surface area contributed by atoms with E-state index in [1.807, 2.05) is 31.2 Å². The maximum absolute atomic E-state index is 11.4. The van der Waals surface area contributed by atoms with E-state index in [-0.39, 0.29) is 0 Å². The molecule has 0 atom stereocenters. The van der Waals surface area contributed by atoms with Crippen molar-refractivity contribution >= 4 is 11.7 Å². The van der Waals surface area contributed by atoms with Crippen molar-refractivity contribution in [1.82, 2.24) is 4.98 Å². The third-order valence-electron chi connectivity index (χ3n) is 2.75. The van der Waals surface area contributed by atoms with Crippen molar-refractivity contribution in [3.8, 4) is 11.1 Å². The highest BCUT2D eigenvalue weighted by Gasteiger charge is 2.17. The molecular weight excluding hydrogens is 216 g/mol. The summed E-state index contributed by atoms with van der Waals surface area (Å²) in [5.41, 5.74) is 9.61. The van der Waals surface area contributed by atoms with Gasteiger partial charge in [-0.3, -0.25) is 0 Å². The van der Waals surface area contributed by atoms with Crippen molar-refractivity contribution in [2.45, 2.75) is 6.92 Å². The summed E-state index contributed by atoms with van der Waals surface area (Å²) in [4.78, 5) is 14.3. The molecule has 0 saturated carbocycles.